The number of rotatable bonds is 5. The number of hydrogen-bond acceptors (Lipinski definition) is 5. The van der Waals surface area contributed by atoms with E-state index in [1.54, 1.807) is 7.05 Å². The molecule has 6 nitrogen and oxygen atoms in total. The molecule has 0 N–H and O–H groups in total. The molecule has 0 bridgehead atoms. The number of sulfonamides is 1. The molecule has 150 valence electrons. The van der Waals surface area contributed by atoms with Crippen LogP contribution in [0.4, 0.5) is 5.69 Å². The third kappa shape index (κ3) is 4.34. The fourth-order valence-electron chi connectivity index (χ4n) is 3.54. The van der Waals surface area contributed by atoms with Crippen LogP contribution in [0.1, 0.15) is 34.1 Å². The second kappa shape index (κ2) is 7.06. The van der Waals surface area contributed by atoms with Crippen LogP contribution in [0.15, 0.2) is 24.3 Å². The Balaban J connectivity index is 1.62. The first kappa shape index (κ1) is 20.6. The van der Waals surface area contributed by atoms with Crippen molar-refractivity contribution in [2.24, 2.45) is 5.92 Å². The Labute approximate surface area is 164 Å². The normalized spacial score (nSPS) is 24.8. The van der Waals surface area contributed by atoms with Crippen LogP contribution in [-0.2, 0) is 19.3 Å². The highest BCUT2D eigenvalue weighted by Crippen LogP contribution is 2.36. The van der Waals surface area contributed by atoms with E-state index < -0.39 is 10.0 Å². The highest BCUT2D eigenvalue weighted by molar-refractivity contribution is 7.88. The van der Waals surface area contributed by atoms with Crippen molar-refractivity contribution in [2.45, 2.75) is 45.3 Å². The first-order valence-electron chi connectivity index (χ1n) is 9.51. The molecule has 0 radical (unpaired) electrons. The average molecular weight is 394 g/mol. The van der Waals surface area contributed by atoms with Crippen molar-refractivity contribution in [3.05, 3.63) is 24.3 Å². The molecule has 2 heterocycles. The maximum Gasteiger partial charge on any atom is 0.494 e. The molecule has 0 saturated carbocycles. The van der Waals surface area contributed by atoms with Crippen LogP contribution >= 0.6 is 0 Å². The molecule has 1 aromatic rings. The van der Waals surface area contributed by atoms with E-state index in [1.807, 2.05) is 0 Å². The summed E-state index contributed by atoms with van der Waals surface area (Å²) in [4.78, 5) is 2.31. The number of nitrogens with zero attached hydrogens (tertiary/aromatic N) is 2. The zero-order valence-electron chi connectivity index (χ0n) is 17.2. The van der Waals surface area contributed by atoms with Gasteiger partial charge < -0.3 is 14.2 Å². The summed E-state index contributed by atoms with van der Waals surface area (Å²) in [7, 11) is -1.82. The molecule has 1 aromatic carbocycles. The number of hydrogen-bond donors (Lipinski definition) is 0. The van der Waals surface area contributed by atoms with Crippen LogP contribution in [-0.4, -0.2) is 64.0 Å². The minimum Gasteiger partial charge on any atom is -0.399 e. The molecule has 2 aliphatic rings. The summed E-state index contributed by atoms with van der Waals surface area (Å²) in [6.07, 6.45) is 2.26. The topological polar surface area (TPSA) is 59.1 Å². The third-order valence-electron chi connectivity index (χ3n) is 6.15. The molecule has 0 amide bonds. The Morgan fingerprint density at radius 2 is 1.70 bits per heavy atom. The Bertz CT molecular complexity index is 763. The fraction of sp³-hybridized carbons (Fsp3) is 0.684. The van der Waals surface area contributed by atoms with Crippen molar-refractivity contribution >= 4 is 28.3 Å². The predicted octanol–water partition coefficient (Wildman–Crippen LogP) is 1.70. The summed E-state index contributed by atoms with van der Waals surface area (Å²) in [6, 6.07) is 8.33. The van der Waals surface area contributed by atoms with E-state index in [0.29, 0.717) is 12.5 Å². The van der Waals surface area contributed by atoms with Crippen molar-refractivity contribution in [2.75, 3.05) is 37.8 Å². The van der Waals surface area contributed by atoms with Gasteiger partial charge in [0.15, 0.2) is 0 Å². The van der Waals surface area contributed by atoms with Crippen molar-refractivity contribution < 1.29 is 17.7 Å². The second-order valence-corrected chi connectivity index (χ2v) is 10.9. The molecule has 8 heteroatoms. The molecular formula is C19H31BN2O4S. The van der Waals surface area contributed by atoms with Gasteiger partial charge in [0.2, 0.25) is 10.0 Å². The lowest BCUT2D eigenvalue weighted by atomic mass is 9.79. The Morgan fingerprint density at radius 1 is 1.15 bits per heavy atom. The molecule has 2 saturated heterocycles. The van der Waals surface area contributed by atoms with Crippen molar-refractivity contribution in [1.29, 1.82) is 0 Å². The van der Waals surface area contributed by atoms with Gasteiger partial charge in [0.25, 0.3) is 0 Å². The van der Waals surface area contributed by atoms with Crippen molar-refractivity contribution in [3.63, 3.8) is 0 Å². The van der Waals surface area contributed by atoms with E-state index >= 15 is 0 Å². The van der Waals surface area contributed by atoms with Crippen LogP contribution in [0, 0.1) is 5.92 Å². The van der Waals surface area contributed by atoms with Gasteiger partial charge in [-0.15, -0.1) is 0 Å². The van der Waals surface area contributed by atoms with E-state index in [2.05, 4.69) is 56.9 Å². The van der Waals surface area contributed by atoms with Crippen LogP contribution < -0.4 is 10.4 Å². The molecule has 2 fully saturated rings. The summed E-state index contributed by atoms with van der Waals surface area (Å²) in [5.41, 5.74) is 1.48. The third-order valence-corrected chi connectivity index (χ3v) is 7.43. The van der Waals surface area contributed by atoms with Gasteiger partial charge in [0, 0.05) is 32.4 Å². The summed E-state index contributed by atoms with van der Waals surface area (Å²) in [6.45, 7) is 10.6. The fourth-order valence-corrected chi connectivity index (χ4v) is 4.02. The molecule has 0 spiro atoms. The summed E-state index contributed by atoms with van der Waals surface area (Å²) < 4.78 is 36.9. The number of anilines is 1. The zero-order chi connectivity index (χ0) is 20.0. The van der Waals surface area contributed by atoms with Gasteiger partial charge in [-0.25, -0.2) is 12.7 Å². The SMILES string of the molecule is CN(C[C@H]1CCN(c2ccc(B3OC(C)(C)C(C)(C)O3)cc2)C1)S(C)(=O)=O. The smallest absolute Gasteiger partial charge is 0.399 e. The van der Waals surface area contributed by atoms with E-state index in [4.69, 9.17) is 9.31 Å². The van der Waals surface area contributed by atoms with E-state index in [0.717, 1.165) is 30.7 Å². The van der Waals surface area contributed by atoms with Crippen molar-refractivity contribution in [1.82, 2.24) is 4.31 Å². The summed E-state index contributed by atoms with van der Waals surface area (Å²) in [5, 5.41) is 0. The Hall–Kier alpha value is -1.09. The van der Waals surface area contributed by atoms with Gasteiger partial charge in [-0.3, -0.25) is 0 Å². The highest BCUT2D eigenvalue weighted by Gasteiger charge is 2.51. The van der Waals surface area contributed by atoms with Crippen LogP contribution in [0.2, 0.25) is 0 Å². The molecular weight excluding hydrogens is 363 g/mol. The van der Waals surface area contributed by atoms with E-state index in [9.17, 15) is 8.42 Å². The first-order valence-corrected chi connectivity index (χ1v) is 11.4. The largest absolute Gasteiger partial charge is 0.494 e. The summed E-state index contributed by atoms with van der Waals surface area (Å²) in [5.74, 6) is 0.354. The molecule has 3 rings (SSSR count). The Morgan fingerprint density at radius 3 is 2.22 bits per heavy atom. The maximum atomic E-state index is 11.6. The average Bonchev–Trinajstić information content (AvgIpc) is 3.09. The van der Waals surface area contributed by atoms with Gasteiger partial charge in [0.1, 0.15) is 0 Å². The molecule has 0 aliphatic carbocycles. The quantitative estimate of drug-likeness (QED) is 0.712. The highest BCUT2D eigenvalue weighted by atomic mass is 32.2. The lowest BCUT2D eigenvalue weighted by Crippen LogP contribution is -2.41. The van der Waals surface area contributed by atoms with E-state index in [-0.39, 0.29) is 18.3 Å². The maximum absolute atomic E-state index is 11.6. The van der Waals surface area contributed by atoms with Gasteiger partial charge in [-0.2, -0.15) is 0 Å². The molecule has 0 unspecified atom stereocenters. The minimum absolute atomic E-state index is 0.343. The molecule has 2 aliphatic heterocycles. The van der Waals surface area contributed by atoms with Crippen LogP contribution in [0.25, 0.3) is 0 Å². The van der Waals surface area contributed by atoms with E-state index in [1.165, 1.54) is 10.6 Å². The van der Waals surface area contributed by atoms with Crippen LogP contribution in [0.5, 0.6) is 0 Å². The minimum atomic E-state index is -3.12. The van der Waals surface area contributed by atoms with Gasteiger partial charge in [-0.1, -0.05) is 12.1 Å². The molecule has 0 aromatic heterocycles. The van der Waals surface area contributed by atoms with Gasteiger partial charge in [0.05, 0.1) is 17.5 Å². The first-order chi connectivity index (χ1) is 12.4. The lowest BCUT2D eigenvalue weighted by Gasteiger charge is -2.32. The Kier molecular flexibility index (Phi) is 5.40. The predicted molar refractivity (Wildman–Crippen MR) is 110 cm³/mol. The number of benzene rings is 1. The molecule has 1 atom stereocenters. The molecule has 27 heavy (non-hydrogen) atoms. The lowest BCUT2D eigenvalue weighted by molar-refractivity contribution is 0.00578. The van der Waals surface area contributed by atoms with Crippen LogP contribution in [0.3, 0.4) is 0 Å². The van der Waals surface area contributed by atoms with Gasteiger partial charge in [-0.05, 0) is 57.6 Å². The second-order valence-electron chi connectivity index (χ2n) is 8.82. The summed E-state index contributed by atoms with van der Waals surface area (Å²) >= 11 is 0. The monoisotopic (exact) mass is 394 g/mol. The van der Waals surface area contributed by atoms with Crippen molar-refractivity contribution in [3.8, 4) is 0 Å². The zero-order valence-corrected chi connectivity index (χ0v) is 18.0. The van der Waals surface area contributed by atoms with Gasteiger partial charge >= 0.3 is 7.12 Å². The standard InChI is InChI=1S/C19H31BN2O4S/c1-18(2)19(3,4)26-20(25-18)16-7-9-17(10-8-16)22-12-11-15(14-22)13-21(5)27(6,23)24/h7-10,15H,11-14H2,1-6H3/t15-/m1/s1.